The Balaban J connectivity index is 2.38. The van der Waals surface area contributed by atoms with Gasteiger partial charge in [0.05, 0.1) is 37.2 Å². The first-order valence-corrected chi connectivity index (χ1v) is 5.74. The fraction of sp³-hybridized carbons (Fsp3) is 0.545. The summed E-state index contributed by atoms with van der Waals surface area (Å²) in [6.07, 6.45) is -0.0151. The first-order valence-electron chi connectivity index (χ1n) is 5.74. The molecule has 1 aliphatic heterocycles. The van der Waals surface area contributed by atoms with E-state index in [2.05, 4.69) is 4.98 Å². The van der Waals surface area contributed by atoms with E-state index in [9.17, 15) is 10.2 Å². The highest BCUT2D eigenvalue weighted by Gasteiger charge is 2.34. The number of aliphatic hydroxyl groups is 2. The summed E-state index contributed by atoms with van der Waals surface area (Å²) in [5, 5.41) is 19.1. The van der Waals surface area contributed by atoms with Crippen molar-refractivity contribution in [2.24, 2.45) is 0 Å². The van der Waals surface area contributed by atoms with Crippen molar-refractivity contribution in [1.82, 2.24) is 4.98 Å². The lowest BCUT2D eigenvalue weighted by Gasteiger charge is -2.27. The number of hydrogen-bond acceptors (Lipinski definition) is 7. The molecule has 2 unspecified atom stereocenters. The summed E-state index contributed by atoms with van der Waals surface area (Å²) in [4.78, 5) is 6.02. The molecule has 1 aromatic rings. The van der Waals surface area contributed by atoms with E-state index in [-0.39, 0.29) is 12.5 Å². The molecule has 2 rings (SSSR count). The normalized spacial score (nSPS) is 23.4. The predicted molar refractivity (Wildman–Crippen MR) is 68.5 cm³/mol. The van der Waals surface area contributed by atoms with Gasteiger partial charge < -0.3 is 31.3 Å². The number of pyridine rings is 1. The van der Waals surface area contributed by atoms with Crippen LogP contribution in [0.3, 0.4) is 0 Å². The molecule has 100 valence electrons. The van der Waals surface area contributed by atoms with Gasteiger partial charge in [-0.15, -0.1) is 0 Å². The molecule has 1 aromatic heterocycles. The zero-order chi connectivity index (χ0) is 13.3. The fourth-order valence-corrected chi connectivity index (χ4v) is 2.23. The number of aromatic nitrogens is 1. The summed E-state index contributed by atoms with van der Waals surface area (Å²) < 4.78 is 5.05. The lowest BCUT2D eigenvalue weighted by atomic mass is 10.2. The smallest absolute Gasteiger partial charge is 0.239 e. The van der Waals surface area contributed by atoms with Gasteiger partial charge in [0, 0.05) is 6.54 Å². The zero-order valence-electron chi connectivity index (χ0n) is 10.2. The maximum atomic E-state index is 9.77. The Morgan fingerprint density at radius 2 is 2.22 bits per heavy atom. The van der Waals surface area contributed by atoms with Gasteiger partial charge in [0.15, 0.2) is 5.82 Å². The van der Waals surface area contributed by atoms with Crippen LogP contribution in [0.1, 0.15) is 6.42 Å². The van der Waals surface area contributed by atoms with Gasteiger partial charge in [-0.25, -0.2) is 0 Å². The lowest BCUT2D eigenvalue weighted by molar-refractivity contribution is 0.128. The highest BCUT2D eigenvalue weighted by Crippen LogP contribution is 2.33. The molecular formula is C11H18N4O3. The summed E-state index contributed by atoms with van der Waals surface area (Å²) in [6.45, 7) is 0.422. The number of hydrogen-bond donors (Lipinski definition) is 4. The second-order valence-corrected chi connectivity index (χ2v) is 4.30. The topological polar surface area (TPSA) is 118 Å². The van der Waals surface area contributed by atoms with Crippen LogP contribution >= 0.6 is 0 Å². The van der Waals surface area contributed by atoms with Crippen molar-refractivity contribution in [3.8, 4) is 5.88 Å². The summed E-state index contributed by atoms with van der Waals surface area (Å²) in [7, 11) is 1.47. The van der Waals surface area contributed by atoms with Crippen LogP contribution in [-0.2, 0) is 0 Å². The zero-order valence-corrected chi connectivity index (χ0v) is 10.2. The average Bonchev–Trinajstić information content (AvgIpc) is 2.70. The average molecular weight is 254 g/mol. The Bertz CT molecular complexity index is 441. The molecule has 0 bridgehead atoms. The minimum Gasteiger partial charge on any atom is -0.479 e. The minimum atomic E-state index is -0.584. The molecule has 2 atom stereocenters. The predicted octanol–water partition coefficient (Wildman–Crippen LogP) is -0.813. The molecule has 2 heterocycles. The Morgan fingerprint density at radius 1 is 1.50 bits per heavy atom. The summed E-state index contributed by atoms with van der Waals surface area (Å²) >= 11 is 0. The minimum absolute atomic E-state index is 0.158. The van der Waals surface area contributed by atoms with E-state index in [1.54, 1.807) is 11.0 Å². The van der Waals surface area contributed by atoms with Crippen LogP contribution in [0.25, 0.3) is 0 Å². The van der Waals surface area contributed by atoms with Crippen molar-refractivity contribution < 1.29 is 14.9 Å². The molecule has 1 fully saturated rings. The van der Waals surface area contributed by atoms with E-state index < -0.39 is 12.1 Å². The first kappa shape index (κ1) is 12.7. The largest absolute Gasteiger partial charge is 0.479 e. The third-order valence-corrected chi connectivity index (χ3v) is 3.19. The molecule has 1 saturated heterocycles. The molecule has 0 spiro atoms. The Morgan fingerprint density at radius 3 is 2.83 bits per heavy atom. The van der Waals surface area contributed by atoms with Gasteiger partial charge in [-0.05, 0) is 12.5 Å². The highest BCUT2D eigenvalue weighted by molar-refractivity contribution is 5.71. The molecule has 0 saturated carbocycles. The molecule has 0 radical (unpaired) electrons. The lowest BCUT2D eigenvalue weighted by Crippen LogP contribution is -2.39. The van der Waals surface area contributed by atoms with Gasteiger partial charge in [0.25, 0.3) is 0 Å². The van der Waals surface area contributed by atoms with Crippen LogP contribution in [0.5, 0.6) is 5.88 Å². The second-order valence-electron chi connectivity index (χ2n) is 4.30. The van der Waals surface area contributed by atoms with Crippen molar-refractivity contribution in [1.29, 1.82) is 0 Å². The number of aliphatic hydroxyl groups excluding tert-OH is 2. The van der Waals surface area contributed by atoms with E-state index in [1.807, 2.05) is 0 Å². The summed E-state index contributed by atoms with van der Waals surface area (Å²) in [5.41, 5.74) is 12.4. The Hall–Kier alpha value is -1.73. The van der Waals surface area contributed by atoms with Crippen LogP contribution in [-0.4, -0.2) is 47.6 Å². The number of methoxy groups -OCH3 is 1. The molecule has 7 nitrogen and oxygen atoms in total. The molecule has 0 aromatic carbocycles. The van der Waals surface area contributed by atoms with E-state index >= 15 is 0 Å². The van der Waals surface area contributed by atoms with Crippen molar-refractivity contribution in [2.45, 2.75) is 18.6 Å². The number of rotatable bonds is 3. The van der Waals surface area contributed by atoms with Gasteiger partial charge in [-0.3, -0.25) is 0 Å². The molecule has 0 aliphatic carbocycles. The molecule has 1 aliphatic rings. The van der Waals surface area contributed by atoms with E-state index in [1.165, 1.54) is 7.11 Å². The number of nitrogens with zero attached hydrogens (tertiary/aromatic N) is 2. The molecular weight excluding hydrogens is 236 g/mol. The third kappa shape index (κ3) is 2.02. The van der Waals surface area contributed by atoms with Crippen LogP contribution in [0.2, 0.25) is 0 Å². The molecule has 18 heavy (non-hydrogen) atoms. The number of ether oxygens (including phenoxy) is 1. The Kier molecular flexibility index (Phi) is 3.44. The number of nitrogens with two attached hydrogens (primary N) is 2. The van der Waals surface area contributed by atoms with Crippen LogP contribution in [0, 0.1) is 0 Å². The highest BCUT2D eigenvalue weighted by atomic mass is 16.5. The van der Waals surface area contributed by atoms with Crippen molar-refractivity contribution in [3.05, 3.63) is 6.07 Å². The monoisotopic (exact) mass is 254 g/mol. The van der Waals surface area contributed by atoms with E-state index in [0.29, 0.717) is 30.2 Å². The van der Waals surface area contributed by atoms with Gasteiger partial charge in [-0.2, -0.15) is 4.98 Å². The van der Waals surface area contributed by atoms with E-state index in [4.69, 9.17) is 16.2 Å². The number of nitrogen functional groups attached to an aromatic ring is 2. The summed E-state index contributed by atoms with van der Waals surface area (Å²) in [6, 6.07) is 1.17. The fourth-order valence-electron chi connectivity index (χ4n) is 2.23. The van der Waals surface area contributed by atoms with Crippen molar-refractivity contribution >= 4 is 17.2 Å². The van der Waals surface area contributed by atoms with Crippen LogP contribution in [0.4, 0.5) is 17.2 Å². The van der Waals surface area contributed by atoms with Gasteiger partial charge in [0.1, 0.15) is 0 Å². The first-order chi connectivity index (χ1) is 8.58. The van der Waals surface area contributed by atoms with Crippen LogP contribution < -0.4 is 21.1 Å². The van der Waals surface area contributed by atoms with E-state index in [0.717, 1.165) is 0 Å². The van der Waals surface area contributed by atoms with Crippen molar-refractivity contribution in [3.63, 3.8) is 0 Å². The maximum Gasteiger partial charge on any atom is 0.239 e. The summed E-state index contributed by atoms with van der Waals surface area (Å²) in [5.74, 6) is 0.772. The number of anilines is 3. The second kappa shape index (κ2) is 4.87. The van der Waals surface area contributed by atoms with Gasteiger partial charge in [0.2, 0.25) is 5.88 Å². The maximum absolute atomic E-state index is 9.77. The quantitative estimate of drug-likeness (QED) is 0.557. The van der Waals surface area contributed by atoms with Crippen molar-refractivity contribution in [2.75, 3.05) is 36.6 Å². The third-order valence-electron chi connectivity index (χ3n) is 3.19. The SMILES string of the molecule is COc1nc(N2CCC(O)C2CO)c(N)cc1N. The van der Waals surface area contributed by atoms with Gasteiger partial charge in [-0.1, -0.05) is 0 Å². The molecule has 6 N–H and O–H groups in total. The van der Waals surface area contributed by atoms with Crippen LogP contribution in [0.15, 0.2) is 6.07 Å². The Labute approximate surface area is 105 Å². The van der Waals surface area contributed by atoms with Gasteiger partial charge >= 0.3 is 0 Å². The molecule has 0 amide bonds. The molecule has 7 heteroatoms. The standard InChI is InChI=1S/C11H18N4O3/c1-18-11-7(13)4-6(12)10(14-11)15-3-2-9(17)8(15)5-16/h4,8-9,16-17H,2-3,5,12-13H2,1H3.